The van der Waals surface area contributed by atoms with Crippen LogP contribution in [0.2, 0.25) is 0 Å². The first-order valence-electron chi connectivity index (χ1n) is 12.1. The number of carbonyl (C=O) groups is 1. The Morgan fingerprint density at radius 2 is 1.54 bits per heavy atom. The molecule has 208 valence electrons. The third-order valence-corrected chi connectivity index (χ3v) is 6.63. The second-order valence-electron chi connectivity index (χ2n) is 9.38. The highest BCUT2D eigenvalue weighted by molar-refractivity contribution is 5.95. The van der Waals surface area contributed by atoms with Crippen molar-refractivity contribution in [2.45, 2.75) is 31.4 Å². The van der Waals surface area contributed by atoms with Crippen molar-refractivity contribution in [1.29, 1.82) is 0 Å². The number of phenolic OH excluding ortho intramolecular Hbond substituents is 1. The first-order valence-corrected chi connectivity index (χ1v) is 12.1. The summed E-state index contributed by atoms with van der Waals surface area (Å²) in [5, 5.41) is 9.94. The van der Waals surface area contributed by atoms with E-state index in [1.807, 2.05) is 30.3 Å². The summed E-state index contributed by atoms with van der Waals surface area (Å²) in [6.45, 7) is 1.36. The fourth-order valence-electron chi connectivity index (χ4n) is 4.71. The lowest BCUT2D eigenvalue weighted by molar-refractivity contribution is -0.143. The highest BCUT2D eigenvalue weighted by Gasteiger charge is 2.39. The van der Waals surface area contributed by atoms with Crippen LogP contribution >= 0.6 is 0 Å². The van der Waals surface area contributed by atoms with Crippen LogP contribution in [0.5, 0.6) is 11.5 Å². The Balaban J connectivity index is 1.67. The summed E-state index contributed by atoms with van der Waals surface area (Å²) in [6, 6.07) is 14.5. The molecule has 1 fully saturated rings. The summed E-state index contributed by atoms with van der Waals surface area (Å²) in [6.07, 6.45) is -9.89. The van der Waals surface area contributed by atoms with Gasteiger partial charge in [-0.05, 0) is 47.9 Å². The summed E-state index contributed by atoms with van der Waals surface area (Å²) in [5.41, 5.74) is -2.06. The fraction of sp³-hybridized carbons (Fsp3) is 0.321. The fourth-order valence-corrected chi connectivity index (χ4v) is 4.71. The number of hydrogen-bond acceptors (Lipinski definition) is 4. The van der Waals surface area contributed by atoms with Crippen LogP contribution < -0.4 is 4.74 Å². The van der Waals surface area contributed by atoms with Crippen molar-refractivity contribution in [3.63, 3.8) is 0 Å². The Bertz CT molecular complexity index is 1280. The van der Waals surface area contributed by atoms with Crippen LogP contribution in [0.1, 0.15) is 32.6 Å². The summed E-state index contributed by atoms with van der Waals surface area (Å²) >= 11 is 0. The van der Waals surface area contributed by atoms with Crippen LogP contribution in [0.15, 0.2) is 66.7 Å². The molecule has 4 rings (SSSR count). The average Bonchev–Trinajstić information content (AvgIpc) is 2.89. The first-order chi connectivity index (χ1) is 18.3. The molecule has 1 atom stereocenters. The van der Waals surface area contributed by atoms with E-state index in [-0.39, 0.29) is 30.5 Å². The van der Waals surface area contributed by atoms with Gasteiger partial charge in [-0.1, -0.05) is 36.4 Å². The number of carbonyl (C=O) groups excluding carboxylic acids is 1. The third-order valence-electron chi connectivity index (χ3n) is 6.63. The minimum atomic E-state index is -5.06. The molecule has 0 radical (unpaired) electrons. The smallest absolute Gasteiger partial charge is 0.416 e. The highest BCUT2D eigenvalue weighted by Crippen LogP contribution is 2.37. The number of aromatic hydroxyl groups is 1. The standard InChI is InChI=1S/C28H26F6N2O3/c1-39-25-12-19(7-8-24(25)37)11-23-17-35(16-18-5-3-2-4-6-18)9-10-36(23)26(38)20-13-21(27(29,30)31)15-22(14-20)28(32,33)34/h2-8,12-15,23,37H,9-11,16-17H2,1H3/t23-/m1/s1. The predicted octanol–water partition coefficient (Wildman–Crippen LogP) is 6.01. The van der Waals surface area contributed by atoms with Gasteiger partial charge in [-0.3, -0.25) is 9.69 Å². The normalized spacial score (nSPS) is 16.8. The van der Waals surface area contributed by atoms with Gasteiger partial charge in [-0.15, -0.1) is 0 Å². The topological polar surface area (TPSA) is 53.0 Å². The van der Waals surface area contributed by atoms with Gasteiger partial charge in [-0.2, -0.15) is 26.3 Å². The summed E-state index contributed by atoms with van der Waals surface area (Å²) < 4.78 is 85.8. The molecule has 0 bridgehead atoms. The van der Waals surface area contributed by atoms with Gasteiger partial charge in [0.05, 0.1) is 18.2 Å². The lowest BCUT2D eigenvalue weighted by Gasteiger charge is -2.42. The second kappa shape index (κ2) is 11.2. The average molecular weight is 553 g/mol. The van der Waals surface area contributed by atoms with Crippen molar-refractivity contribution < 1.29 is 41.0 Å². The van der Waals surface area contributed by atoms with Gasteiger partial charge in [0.2, 0.25) is 0 Å². The number of nitrogens with zero attached hydrogens (tertiary/aromatic N) is 2. The number of phenols is 1. The van der Waals surface area contributed by atoms with E-state index < -0.39 is 41.0 Å². The van der Waals surface area contributed by atoms with Crippen molar-refractivity contribution in [2.75, 3.05) is 26.7 Å². The molecular weight excluding hydrogens is 526 g/mol. The number of halogens is 6. The molecule has 5 nitrogen and oxygen atoms in total. The maximum absolute atomic E-state index is 13.5. The van der Waals surface area contributed by atoms with E-state index in [4.69, 9.17) is 4.74 Å². The van der Waals surface area contributed by atoms with Crippen LogP contribution in [0.25, 0.3) is 0 Å². The number of methoxy groups -OCH3 is 1. The van der Waals surface area contributed by atoms with Crippen molar-refractivity contribution in [1.82, 2.24) is 9.80 Å². The molecule has 1 aliphatic rings. The van der Waals surface area contributed by atoms with E-state index in [2.05, 4.69) is 4.90 Å². The molecule has 0 aliphatic carbocycles. The van der Waals surface area contributed by atoms with Crippen molar-refractivity contribution in [3.8, 4) is 11.5 Å². The Morgan fingerprint density at radius 1 is 0.897 bits per heavy atom. The maximum atomic E-state index is 13.5. The number of hydrogen-bond donors (Lipinski definition) is 1. The van der Waals surface area contributed by atoms with E-state index in [0.717, 1.165) is 5.56 Å². The summed E-state index contributed by atoms with van der Waals surface area (Å²) in [4.78, 5) is 16.9. The van der Waals surface area contributed by atoms with Gasteiger partial charge in [-0.25, -0.2) is 0 Å². The Kier molecular flexibility index (Phi) is 8.10. The molecule has 0 spiro atoms. The maximum Gasteiger partial charge on any atom is 0.416 e. The molecule has 3 aromatic carbocycles. The molecular formula is C28H26F6N2O3. The van der Waals surface area contributed by atoms with Crippen LogP contribution in [-0.2, 0) is 25.3 Å². The SMILES string of the molecule is COc1cc(C[C@@H]2CN(Cc3ccccc3)CCN2C(=O)c2cc(C(F)(F)F)cc(C(F)(F)F)c2)ccc1O. The zero-order valence-corrected chi connectivity index (χ0v) is 20.9. The minimum absolute atomic E-state index is 0.00871. The van der Waals surface area contributed by atoms with E-state index in [9.17, 15) is 36.2 Å². The molecule has 0 unspecified atom stereocenters. The van der Waals surface area contributed by atoms with Crippen LogP contribution in [0, 0.1) is 0 Å². The molecule has 1 saturated heterocycles. The minimum Gasteiger partial charge on any atom is -0.504 e. The number of ether oxygens (including phenoxy) is 1. The zero-order chi connectivity index (χ0) is 28.4. The molecule has 11 heteroatoms. The quantitative estimate of drug-likeness (QED) is 0.381. The molecule has 1 amide bonds. The predicted molar refractivity (Wildman–Crippen MR) is 131 cm³/mol. The Labute approximate surface area is 221 Å². The van der Waals surface area contributed by atoms with E-state index in [1.54, 1.807) is 12.1 Å². The van der Waals surface area contributed by atoms with Crippen LogP contribution in [0.4, 0.5) is 26.3 Å². The summed E-state index contributed by atoms with van der Waals surface area (Å²) in [7, 11) is 1.38. The lowest BCUT2D eigenvalue weighted by atomic mass is 9.98. The zero-order valence-electron chi connectivity index (χ0n) is 20.9. The number of piperazine rings is 1. The molecule has 0 aromatic heterocycles. The lowest BCUT2D eigenvalue weighted by Crippen LogP contribution is -2.55. The van der Waals surface area contributed by atoms with Gasteiger partial charge in [0.1, 0.15) is 0 Å². The van der Waals surface area contributed by atoms with E-state index in [1.165, 1.54) is 18.1 Å². The highest BCUT2D eigenvalue weighted by atomic mass is 19.4. The van der Waals surface area contributed by atoms with Crippen molar-refractivity contribution >= 4 is 5.91 Å². The third kappa shape index (κ3) is 6.83. The molecule has 1 N–H and O–H groups in total. The number of benzene rings is 3. The van der Waals surface area contributed by atoms with Gasteiger partial charge < -0.3 is 14.7 Å². The molecule has 3 aromatic rings. The van der Waals surface area contributed by atoms with Crippen LogP contribution in [0.3, 0.4) is 0 Å². The largest absolute Gasteiger partial charge is 0.504 e. The molecule has 1 heterocycles. The Morgan fingerprint density at radius 3 is 2.13 bits per heavy atom. The van der Waals surface area contributed by atoms with E-state index in [0.29, 0.717) is 37.3 Å². The van der Waals surface area contributed by atoms with Crippen molar-refractivity contribution in [2.24, 2.45) is 0 Å². The summed E-state index contributed by atoms with van der Waals surface area (Å²) in [5.74, 6) is -0.802. The van der Waals surface area contributed by atoms with Gasteiger partial charge in [0.15, 0.2) is 11.5 Å². The van der Waals surface area contributed by atoms with Crippen LogP contribution in [-0.4, -0.2) is 53.6 Å². The van der Waals surface area contributed by atoms with Gasteiger partial charge in [0.25, 0.3) is 5.91 Å². The van der Waals surface area contributed by atoms with Gasteiger partial charge in [0, 0.05) is 37.8 Å². The first kappa shape index (κ1) is 28.3. The number of rotatable bonds is 6. The number of alkyl halides is 6. The second-order valence-corrected chi connectivity index (χ2v) is 9.38. The van der Waals surface area contributed by atoms with Crippen molar-refractivity contribution in [3.05, 3.63) is 94.5 Å². The van der Waals surface area contributed by atoms with E-state index >= 15 is 0 Å². The van der Waals surface area contributed by atoms with Gasteiger partial charge >= 0.3 is 12.4 Å². The monoisotopic (exact) mass is 552 g/mol. The number of amides is 1. The molecule has 39 heavy (non-hydrogen) atoms. The molecule has 1 aliphatic heterocycles. The Hall–Kier alpha value is -3.73. The molecule has 0 saturated carbocycles.